The van der Waals surface area contributed by atoms with E-state index in [4.69, 9.17) is 13.9 Å². The Morgan fingerprint density at radius 3 is 2.57 bits per heavy atom. The number of thiazole rings is 1. The highest BCUT2D eigenvalue weighted by molar-refractivity contribution is 7.13. The summed E-state index contributed by atoms with van der Waals surface area (Å²) in [5.74, 6) is 1.76. The summed E-state index contributed by atoms with van der Waals surface area (Å²) in [6.45, 7) is 6.78. The molecule has 1 unspecified atom stereocenters. The van der Waals surface area contributed by atoms with Gasteiger partial charge in [0.1, 0.15) is 17.2 Å². The number of nitrogens with zero attached hydrogens (tertiary/aromatic N) is 4. The summed E-state index contributed by atoms with van der Waals surface area (Å²) < 4.78 is 17.6. The molecule has 0 aliphatic carbocycles. The molecule has 1 N–H and O–H groups in total. The molecule has 1 saturated heterocycles. The van der Waals surface area contributed by atoms with E-state index in [1.54, 1.807) is 54.3 Å². The maximum absolute atomic E-state index is 13.0. The van der Waals surface area contributed by atoms with Gasteiger partial charge in [-0.2, -0.15) is 0 Å². The molecule has 2 amide bonds. The van der Waals surface area contributed by atoms with Crippen molar-refractivity contribution < 1.29 is 23.5 Å². The van der Waals surface area contributed by atoms with E-state index in [0.717, 1.165) is 11.3 Å². The van der Waals surface area contributed by atoms with Gasteiger partial charge in [0.2, 0.25) is 11.8 Å². The minimum absolute atomic E-state index is 0.0649. The summed E-state index contributed by atoms with van der Waals surface area (Å²) in [7, 11) is 0. The first-order chi connectivity index (χ1) is 17.9. The van der Waals surface area contributed by atoms with Gasteiger partial charge in [0.05, 0.1) is 5.69 Å². The van der Waals surface area contributed by atoms with Crippen molar-refractivity contribution in [2.24, 2.45) is 0 Å². The number of likely N-dealkylation sites (tertiary alicyclic amines) is 1. The highest BCUT2D eigenvalue weighted by Gasteiger charge is 2.32. The Hall–Kier alpha value is -4.25. The van der Waals surface area contributed by atoms with Gasteiger partial charge >= 0.3 is 0 Å². The van der Waals surface area contributed by atoms with Crippen LogP contribution in [0.1, 0.15) is 35.3 Å². The van der Waals surface area contributed by atoms with E-state index in [1.165, 1.54) is 11.3 Å². The minimum atomic E-state index is -0.607. The summed E-state index contributed by atoms with van der Waals surface area (Å²) in [5, 5.41) is 13.0. The average Bonchev–Trinajstić information content (AvgIpc) is 3.60. The fourth-order valence-electron chi connectivity index (χ4n) is 3.92. The first-order valence-corrected chi connectivity index (χ1v) is 12.7. The number of likely N-dealkylation sites (N-methyl/N-ethyl adjacent to an activating group) is 1. The van der Waals surface area contributed by atoms with Crippen molar-refractivity contribution >= 4 is 28.3 Å². The first-order valence-electron chi connectivity index (χ1n) is 11.8. The van der Waals surface area contributed by atoms with Gasteiger partial charge in [-0.15, -0.1) is 21.5 Å². The normalized spacial score (nSPS) is 15.2. The van der Waals surface area contributed by atoms with Crippen LogP contribution in [0.2, 0.25) is 0 Å². The SMILES string of the molecule is CCN1CCC(Oc2cc(Oc3ccc(-c4nnc(C)o4)cc3)cc(C(=O)Nc3nc(C)cs3)c2)C1=O. The molecule has 0 radical (unpaired) electrons. The molecule has 1 aliphatic heterocycles. The molecule has 2 aromatic heterocycles. The Labute approximate surface area is 217 Å². The number of rotatable bonds is 8. The third kappa shape index (κ3) is 5.61. The van der Waals surface area contributed by atoms with Gasteiger partial charge in [-0.25, -0.2) is 4.98 Å². The van der Waals surface area contributed by atoms with Crippen molar-refractivity contribution in [3.63, 3.8) is 0 Å². The molecule has 10 nitrogen and oxygen atoms in total. The second kappa shape index (κ2) is 10.4. The van der Waals surface area contributed by atoms with Crippen LogP contribution in [0.25, 0.3) is 11.5 Å². The molecule has 0 spiro atoms. The molecule has 37 heavy (non-hydrogen) atoms. The number of hydrogen-bond acceptors (Lipinski definition) is 9. The quantitative estimate of drug-likeness (QED) is 0.351. The Morgan fingerprint density at radius 2 is 1.92 bits per heavy atom. The van der Waals surface area contributed by atoms with Crippen LogP contribution in [-0.2, 0) is 4.79 Å². The van der Waals surface area contributed by atoms with Crippen LogP contribution in [-0.4, -0.2) is 51.1 Å². The van der Waals surface area contributed by atoms with Crippen molar-refractivity contribution in [3.8, 4) is 28.7 Å². The van der Waals surface area contributed by atoms with Crippen molar-refractivity contribution in [2.45, 2.75) is 33.3 Å². The Bertz CT molecular complexity index is 1430. The van der Waals surface area contributed by atoms with Crippen LogP contribution < -0.4 is 14.8 Å². The van der Waals surface area contributed by atoms with E-state index in [-0.39, 0.29) is 11.8 Å². The van der Waals surface area contributed by atoms with E-state index < -0.39 is 6.10 Å². The van der Waals surface area contributed by atoms with Crippen molar-refractivity contribution in [1.29, 1.82) is 0 Å². The predicted octanol–water partition coefficient (Wildman–Crippen LogP) is 4.85. The van der Waals surface area contributed by atoms with E-state index in [2.05, 4.69) is 20.5 Å². The monoisotopic (exact) mass is 519 g/mol. The fraction of sp³-hybridized carbons (Fsp3) is 0.269. The van der Waals surface area contributed by atoms with Crippen LogP contribution in [0.5, 0.6) is 17.2 Å². The summed E-state index contributed by atoms with van der Waals surface area (Å²) >= 11 is 1.34. The van der Waals surface area contributed by atoms with E-state index in [9.17, 15) is 9.59 Å². The second-order valence-electron chi connectivity index (χ2n) is 8.51. The Morgan fingerprint density at radius 1 is 1.14 bits per heavy atom. The first kappa shape index (κ1) is 24.4. The van der Waals surface area contributed by atoms with Gasteiger partial charge < -0.3 is 18.8 Å². The van der Waals surface area contributed by atoms with Gasteiger partial charge in [-0.05, 0) is 50.2 Å². The fourth-order valence-corrected chi connectivity index (χ4v) is 4.61. The van der Waals surface area contributed by atoms with Gasteiger partial charge in [-0.1, -0.05) is 0 Å². The number of amides is 2. The molecular formula is C26H25N5O5S. The molecule has 2 aromatic carbocycles. The molecule has 1 atom stereocenters. The van der Waals surface area contributed by atoms with E-state index >= 15 is 0 Å². The number of carbonyl (C=O) groups excluding carboxylic acids is 2. The number of benzene rings is 2. The Balaban J connectivity index is 1.39. The zero-order valence-corrected chi connectivity index (χ0v) is 21.4. The summed E-state index contributed by atoms with van der Waals surface area (Å²) in [5.41, 5.74) is 1.89. The minimum Gasteiger partial charge on any atom is -0.480 e. The van der Waals surface area contributed by atoms with Gasteiger partial charge in [0.25, 0.3) is 11.8 Å². The largest absolute Gasteiger partial charge is 0.480 e. The predicted molar refractivity (Wildman–Crippen MR) is 137 cm³/mol. The van der Waals surface area contributed by atoms with Crippen LogP contribution in [0.4, 0.5) is 5.13 Å². The molecule has 0 saturated carbocycles. The standard InChI is InChI=1S/C26H25N5O5S/c1-4-31-10-9-22(25(31)33)36-21-12-18(23(32)28-26-27-15(2)14-37-26)11-20(13-21)35-19-7-5-17(6-8-19)24-30-29-16(3)34-24/h5-8,11-14,22H,4,9-10H2,1-3H3,(H,27,28,32). The average molecular weight is 520 g/mol. The maximum atomic E-state index is 13.0. The van der Waals surface area contributed by atoms with Crippen molar-refractivity contribution in [2.75, 3.05) is 18.4 Å². The zero-order valence-electron chi connectivity index (χ0n) is 20.6. The lowest BCUT2D eigenvalue weighted by Crippen LogP contribution is -2.32. The zero-order chi connectivity index (χ0) is 25.9. The highest BCUT2D eigenvalue weighted by atomic mass is 32.1. The molecule has 4 aromatic rings. The molecule has 1 aliphatic rings. The third-order valence-electron chi connectivity index (χ3n) is 5.75. The lowest BCUT2D eigenvalue weighted by molar-refractivity contribution is -0.133. The van der Waals surface area contributed by atoms with Gasteiger partial charge in [0, 0.05) is 49.0 Å². The molecule has 3 heterocycles. The highest BCUT2D eigenvalue weighted by Crippen LogP contribution is 2.31. The van der Waals surface area contributed by atoms with Crippen LogP contribution >= 0.6 is 11.3 Å². The molecule has 11 heteroatoms. The van der Waals surface area contributed by atoms with E-state index in [0.29, 0.717) is 59.2 Å². The molecule has 0 bridgehead atoms. The van der Waals surface area contributed by atoms with E-state index in [1.807, 2.05) is 19.2 Å². The topological polar surface area (TPSA) is 120 Å². The molecular weight excluding hydrogens is 494 g/mol. The lowest BCUT2D eigenvalue weighted by atomic mass is 10.1. The smallest absolute Gasteiger partial charge is 0.263 e. The molecule has 190 valence electrons. The maximum Gasteiger partial charge on any atom is 0.263 e. The number of aryl methyl sites for hydroxylation is 2. The Kier molecular flexibility index (Phi) is 6.87. The van der Waals surface area contributed by atoms with Crippen molar-refractivity contribution in [1.82, 2.24) is 20.1 Å². The number of aromatic nitrogens is 3. The third-order valence-corrected chi connectivity index (χ3v) is 6.63. The molecule has 1 fully saturated rings. The van der Waals surface area contributed by atoms with Crippen LogP contribution in [0, 0.1) is 13.8 Å². The number of anilines is 1. The number of ether oxygens (including phenoxy) is 2. The number of nitrogens with one attached hydrogen (secondary N) is 1. The number of hydrogen-bond donors (Lipinski definition) is 1. The van der Waals surface area contributed by atoms with Crippen LogP contribution in [0.3, 0.4) is 0 Å². The molecule has 5 rings (SSSR count). The number of carbonyl (C=O) groups is 2. The van der Waals surface area contributed by atoms with Crippen LogP contribution in [0.15, 0.2) is 52.3 Å². The van der Waals surface area contributed by atoms with Gasteiger partial charge in [-0.3, -0.25) is 14.9 Å². The second-order valence-corrected chi connectivity index (χ2v) is 9.37. The summed E-state index contributed by atoms with van der Waals surface area (Å²) in [4.78, 5) is 31.7. The van der Waals surface area contributed by atoms with Crippen molar-refractivity contribution in [3.05, 3.63) is 65.0 Å². The summed E-state index contributed by atoms with van der Waals surface area (Å²) in [6, 6.07) is 12.0. The van der Waals surface area contributed by atoms with Gasteiger partial charge in [0.15, 0.2) is 11.2 Å². The lowest BCUT2D eigenvalue weighted by Gasteiger charge is -2.16. The summed E-state index contributed by atoms with van der Waals surface area (Å²) in [6.07, 6.45) is -0.0289.